The van der Waals surface area contributed by atoms with Crippen LogP contribution in [0, 0.1) is 0 Å². The standard InChI is InChI=1S/C21H24N4O3/c26-21(18-13-19(28-16-18)14-24-9-11-27-12-10-24)23-20(15-25-8-4-7-22-25)17-5-2-1-3-6-17/h1-8,13,16,20H,9-12,14-15H2,(H,23,26). The average Bonchev–Trinajstić information content (AvgIpc) is 3.41. The molecule has 1 aliphatic heterocycles. The first-order chi connectivity index (χ1) is 13.8. The maximum Gasteiger partial charge on any atom is 0.255 e. The van der Waals surface area contributed by atoms with Crippen molar-refractivity contribution in [2.45, 2.75) is 19.1 Å². The second-order valence-corrected chi connectivity index (χ2v) is 6.86. The molecule has 3 heterocycles. The zero-order valence-electron chi connectivity index (χ0n) is 15.7. The number of amides is 1. The summed E-state index contributed by atoms with van der Waals surface area (Å²) in [7, 11) is 0. The highest BCUT2D eigenvalue weighted by molar-refractivity contribution is 5.94. The number of nitrogens with zero attached hydrogens (tertiary/aromatic N) is 3. The minimum atomic E-state index is -0.189. The van der Waals surface area contributed by atoms with Gasteiger partial charge in [0, 0.05) is 25.5 Å². The van der Waals surface area contributed by atoms with Crippen LogP contribution in [0.25, 0.3) is 0 Å². The van der Waals surface area contributed by atoms with Crippen molar-refractivity contribution >= 4 is 5.91 Å². The molecule has 1 N–H and O–H groups in total. The van der Waals surface area contributed by atoms with Crippen LogP contribution in [-0.2, 0) is 17.8 Å². The van der Waals surface area contributed by atoms with E-state index in [1.807, 2.05) is 53.3 Å². The molecule has 0 saturated carbocycles. The molecule has 0 spiro atoms. The van der Waals surface area contributed by atoms with Gasteiger partial charge < -0.3 is 14.5 Å². The highest BCUT2D eigenvalue weighted by atomic mass is 16.5. The summed E-state index contributed by atoms with van der Waals surface area (Å²) in [4.78, 5) is 15.1. The number of carbonyl (C=O) groups excluding carboxylic acids is 1. The minimum absolute atomic E-state index is 0.155. The molecule has 0 bridgehead atoms. The lowest BCUT2D eigenvalue weighted by Crippen LogP contribution is -2.35. The van der Waals surface area contributed by atoms with E-state index in [1.165, 1.54) is 6.26 Å². The molecule has 0 radical (unpaired) electrons. The van der Waals surface area contributed by atoms with Crippen LogP contribution in [0.2, 0.25) is 0 Å². The van der Waals surface area contributed by atoms with Crippen LogP contribution in [0.5, 0.6) is 0 Å². The highest BCUT2D eigenvalue weighted by Gasteiger charge is 2.19. The lowest BCUT2D eigenvalue weighted by Gasteiger charge is -2.25. The second-order valence-electron chi connectivity index (χ2n) is 6.86. The van der Waals surface area contributed by atoms with Crippen molar-refractivity contribution in [3.05, 3.63) is 78.0 Å². The van der Waals surface area contributed by atoms with E-state index in [0.717, 1.165) is 37.6 Å². The maximum absolute atomic E-state index is 12.8. The Hall–Kier alpha value is -2.90. The first kappa shape index (κ1) is 18.5. The molecule has 7 heteroatoms. The van der Waals surface area contributed by atoms with Gasteiger partial charge in [-0.3, -0.25) is 14.4 Å². The topological polar surface area (TPSA) is 72.5 Å². The normalized spacial score (nSPS) is 16.0. The molecule has 28 heavy (non-hydrogen) atoms. The van der Waals surface area contributed by atoms with Crippen molar-refractivity contribution in [2.24, 2.45) is 0 Å². The number of aromatic nitrogens is 2. The Morgan fingerprint density at radius 3 is 2.75 bits per heavy atom. The van der Waals surface area contributed by atoms with Crippen LogP contribution in [0.1, 0.15) is 27.7 Å². The molecule has 1 aliphatic rings. The van der Waals surface area contributed by atoms with Gasteiger partial charge in [-0.1, -0.05) is 30.3 Å². The predicted octanol–water partition coefficient (Wildman–Crippen LogP) is 2.48. The summed E-state index contributed by atoms with van der Waals surface area (Å²) in [5.74, 6) is 0.633. The number of ether oxygens (including phenoxy) is 1. The lowest BCUT2D eigenvalue weighted by molar-refractivity contribution is 0.0313. The molecule has 1 amide bonds. The van der Waals surface area contributed by atoms with E-state index in [0.29, 0.717) is 18.7 Å². The zero-order valence-corrected chi connectivity index (χ0v) is 15.7. The van der Waals surface area contributed by atoms with E-state index < -0.39 is 0 Å². The van der Waals surface area contributed by atoms with Gasteiger partial charge in [0.2, 0.25) is 0 Å². The Morgan fingerprint density at radius 2 is 2.00 bits per heavy atom. The van der Waals surface area contributed by atoms with Crippen molar-refractivity contribution in [3.63, 3.8) is 0 Å². The van der Waals surface area contributed by atoms with Gasteiger partial charge in [0.15, 0.2) is 0 Å². The third-order valence-electron chi connectivity index (χ3n) is 4.84. The second kappa shape index (κ2) is 8.86. The van der Waals surface area contributed by atoms with Crippen LogP contribution in [0.3, 0.4) is 0 Å². The van der Waals surface area contributed by atoms with Gasteiger partial charge in [-0.2, -0.15) is 5.10 Å². The quantitative estimate of drug-likeness (QED) is 0.682. The SMILES string of the molecule is O=C(NC(Cn1cccn1)c1ccccc1)c1coc(CN2CCOCC2)c1. The molecular weight excluding hydrogens is 356 g/mol. The molecule has 146 valence electrons. The summed E-state index contributed by atoms with van der Waals surface area (Å²) in [6.07, 6.45) is 5.15. The first-order valence-corrected chi connectivity index (χ1v) is 9.49. The smallest absolute Gasteiger partial charge is 0.255 e. The van der Waals surface area contributed by atoms with Crippen LogP contribution in [-0.4, -0.2) is 46.9 Å². The maximum atomic E-state index is 12.8. The monoisotopic (exact) mass is 380 g/mol. The molecule has 0 aliphatic carbocycles. The van der Waals surface area contributed by atoms with Crippen molar-refractivity contribution in [1.29, 1.82) is 0 Å². The molecule has 1 atom stereocenters. The summed E-state index contributed by atoms with van der Waals surface area (Å²) in [6.45, 7) is 4.47. The zero-order chi connectivity index (χ0) is 19.2. The number of rotatable bonds is 7. The van der Waals surface area contributed by atoms with Gasteiger partial charge in [0.25, 0.3) is 5.91 Å². The molecule has 3 aromatic rings. The Bertz CT molecular complexity index is 870. The van der Waals surface area contributed by atoms with Crippen LogP contribution in [0.4, 0.5) is 0 Å². The number of hydrogen-bond donors (Lipinski definition) is 1. The van der Waals surface area contributed by atoms with Crippen LogP contribution >= 0.6 is 0 Å². The van der Waals surface area contributed by atoms with Crippen LogP contribution < -0.4 is 5.32 Å². The summed E-state index contributed by atoms with van der Waals surface area (Å²) in [5.41, 5.74) is 1.56. The van der Waals surface area contributed by atoms with Crippen molar-refractivity contribution in [2.75, 3.05) is 26.3 Å². The molecular formula is C21H24N4O3. The Labute approximate surface area is 163 Å². The highest BCUT2D eigenvalue weighted by Crippen LogP contribution is 2.17. The Balaban J connectivity index is 1.43. The number of nitrogens with one attached hydrogen (secondary N) is 1. The molecule has 1 unspecified atom stereocenters. The van der Waals surface area contributed by atoms with E-state index in [2.05, 4.69) is 15.3 Å². The van der Waals surface area contributed by atoms with Crippen molar-refractivity contribution < 1.29 is 13.9 Å². The number of furan rings is 1. The van der Waals surface area contributed by atoms with E-state index in [4.69, 9.17) is 9.15 Å². The number of benzene rings is 1. The number of carbonyl (C=O) groups is 1. The van der Waals surface area contributed by atoms with Gasteiger partial charge >= 0.3 is 0 Å². The summed E-state index contributed by atoms with van der Waals surface area (Å²) in [5, 5.41) is 7.37. The fraction of sp³-hybridized carbons (Fsp3) is 0.333. The Kier molecular flexibility index (Phi) is 5.84. The van der Waals surface area contributed by atoms with Gasteiger partial charge in [0.1, 0.15) is 12.0 Å². The predicted molar refractivity (Wildman–Crippen MR) is 104 cm³/mol. The fourth-order valence-corrected chi connectivity index (χ4v) is 3.32. The Morgan fingerprint density at radius 1 is 1.18 bits per heavy atom. The molecule has 7 nitrogen and oxygen atoms in total. The van der Waals surface area contributed by atoms with E-state index in [9.17, 15) is 4.79 Å². The largest absolute Gasteiger partial charge is 0.467 e. The van der Waals surface area contributed by atoms with E-state index >= 15 is 0 Å². The molecule has 1 saturated heterocycles. The number of morpholine rings is 1. The average molecular weight is 380 g/mol. The molecule has 2 aromatic heterocycles. The minimum Gasteiger partial charge on any atom is -0.467 e. The van der Waals surface area contributed by atoms with E-state index in [1.54, 1.807) is 6.20 Å². The lowest BCUT2D eigenvalue weighted by atomic mass is 10.1. The summed E-state index contributed by atoms with van der Waals surface area (Å²) < 4.78 is 12.8. The van der Waals surface area contributed by atoms with Gasteiger partial charge in [-0.05, 0) is 17.7 Å². The molecule has 4 rings (SSSR count). The van der Waals surface area contributed by atoms with Gasteiger partial charge in [-0.15, -0.1) is 0 Å². The third kappa shape index (κ3) is 4.68. The first-order valence-electron chi connectivity index (χ1n) is 9.49. The number of hydrogen-bond acceptors (Lipinski definition) is 5. The van der Waals surface area contributed by atoms with Gasteiger partial charge in [-0.25, -0.2) is 0 Å². The van der Waals surface area contributed by atoms with Crippen LogP contribution in [0.15, 0.2) is 65.5 Å². The molecule has 1 fully saturated rings. The third-order valence-corrected chi connectivity index (χ3v) is 4.84. The van der Waals surface area contributed by atoms with Crippen molar-refractivity contribution in [1.82, 2.24) is 20.0 Å². The van der Waals surface area contributed by atoms with Crippen molar-refractivity contribution in [3.8, 4) is 0 Å². The summed E-state index contributed by atoms with van der Waals surface area (Å²) in [6, 6.07) is 13.4. The summed E-state index contributed by atoms with van der Waals surface area (Å²) >= 11 is 0. The van der Waals surface area contributed by atoms with E-state index in [-0.39, 0.29) is 11.9 Å². The molecule has 1 aromatic carbocycles. The fourth-order valence-electron chi connectivity index (χ4n) is 3.32. The van der Waals surface area contributed by atoms with Gasteiger partial charge in [0.05, 0.1) is 37.9 Å².